The number of ether oxygens (including phenoxy) is 1. The van der Waals surface area contributed by atoms with E-state index in [1.54, 1.807) is 7.11 Å². The van der Waals surface area contributed by atoms with Gasteiger partial charge in [0.2, 0.25) is 0 Å². The van der Waals surface area contributed by atoms with Gasteiger partial charge in [-0.1, -0.05) is 31.5 Å². The van der Waals surface area contributed by atoms with Crippen LogP contribution in [-0.2, 0) is 12.8 Å². The van der Waals surface area contributed by atoms with Crippen molar-refractivity contribution >= 4 is 17.2 Å². The fourth-order valence-corrected chi connectivity index (χ4v) is 3.10. The Kier molecular flexibility index (Phi) is 4.74. The molecule has 1 aromatic carbocycles. The summed E-state index contributed by atoms with van der Waals surface area (Å²) in [6, 6.07) is 7.92. The predicted octanol–water partition coefficient (Wildman–Crippen LogP) is 2.98. The number of nitrogens with zero attached hydrogens (tertiary/aromatic N) is 1. The summed E-state index contributed by atoms with van der Waals surface area (Å²) in [5.74, 6) is 0.973. The molecule has 106 valence electrons. The number of rotatable bonds is 6. The number of nitrogens with two attached hydrogens (primary N) is 1. The molecule has 0 bridgehead atoms. The SMILES string of the molecule is CCCc1nc(Cc2ccccc2OC)sc1C(=N)N. The zero-order valence-electron chi connectivity index (χ0n) is 11.8. The number of amidine groups is 1. The molecule has 2 rings (SSSR count). The van der Waals surface area contributed by atoms with E-state index in [1.807, 2.05) is 24.3 Å². The van der Waals surface area contributed by atoms with E-state index in [0.717, 1.165) is 39.7 Å². The van der Waals surface area contributed by atoms with E-state index in [-0.39, 0.29) is 5.84 Å². The number of benzene rings is 1. The number of methoxy groups -OCH3 is 1. The Morgan fingerprint density at radius 1 is 1.40 bits per heavy atom. The summed E-state index contributed by atoms with van der Waals surface area (Å²) in [6.45, 7) is 2.10. The van der Waals surface area contributed by atoms with Crippen LogP contribution in [0.25, 0.3) is 0 Å². The summed E-state index contributed by atoms with van der Waals surface area (Å²) in [4.78, 5) is 5.44. The smallest absolute Gasteiger partial charge is 0.135 e. The van der Waals surface area contributed by atoms with Gasteiger partial charge in [-0.05, 0) is 12.5 Å². The molecule has 4 nitrogen and oxygen atoms in total. The molecule has 0 saturated heterocycles. The third-order valence-electron chi connectivity index (χ3n) is 3.01. The van der Waals surface area contributed by atoms with Crippen LogP contribution >= 0.6 is 11.3 Å². The second kappa shape index (κ2) is 6.52. The predicted molar refractivity (Wildman–Crippen MR) is 82.9 cm³/mol. The standard InChI is InChI=1S/C15H19N3OS/c1-3-6-11-14(15(16)17)20-13(18-11)9-10-7-4-5-8-12(10)19-2/h4-5,7-8H,3,6,9H2,1-2H3,(H3,16,17). The van der Waals surface area contributed by atoms with Crippen LogP contribution in [0.4, 0.5) is 0 Å². The van der Waals surface area contributed by atoms with Gasteiger partial charge in [-0.15, -0.1) is 11.3 Å². The van der Waals surface area contributed by atoms with Crippen LogP contribution in [0.15, 0.2) is 24.3 Å². The van der Waals surface area contributed by atoms with E-state index >= 15 is 0 Å². The van der Waals surface area contributed by atoms with Gasteiger partial charge in [0, 0.05) is 12.0 Å². The molecular formula is C15H19N3OS. The van der Waals surface area contributed by atoms with E-state index in [1.165, 1.54) is 11.3 Å². The molecule has 0 unspecified atom stereocenters. The number of hydrogen-bond acceptors (Lipinski definition) is 4. The Labute approximate surface area is 123 Å². The first-order valence-corrected chi connectivity index (χ1v) is 7.42. The number of nitrogens with one attached hydrogen (secondary N) is 1. The molecule has 20 heavy (non-hydrogen) atoms. The van der Waals surface area contributed by atoms with Gasteiger partial charge in [0.05, 0.1) is 22.7 Å². The summed E-state index contributed by atoms with van der Waals surface area (Å²) >= 11 is 1.51. The van der Waals surface area contributed by atoms with E-state index in [2.05, 4.69) is 11.9 Å². The molecule has 0 spiro atoms. The van der Waals surface area contributed by atoms with Crippen LogP contribution in [-0.4, -0.2) is 17.9 Å². The van der Waals surface area contributed by atoms with Gasteiger partial charge >= 0.3 is 0 Å². The Hall–Kier alpha value is -1.88. The third kappa shape index (κ3) is 3.17. The zero-order valence-corrected chi connectivity index (χ0v) is 12.6. The third-order valence-corrected chi connectivity index (χ3v) is 4.14. The summed E-state index contributed by atoms with van der Waals surface area (Å²) in [5.41, 5.74) is 7.68. The molecule has 0 aliphatic carbocycles. The summed E-state index contributed by atoms with van der Waals surface area (Å²) < 4.78 is 5.36. The first-order valence-electron chi connectivity index (χ1n) is 6.60. The van der Waals surface area contributed by atoms with Crippen LogP contribution in [0.5, 0.6) is 5.75 Å². The van der Waals surface area contributed by atoms with E-state index in [0.29, 0.717) is 6.42 Å². The summed E-state index contributed by atoms with van der Waals surface area (Å²) in [7, 11) is 1.67. The van der Waals surface area contributed by atoms with Crippen molar-refractivity contribution in [1.29, 1.82) is 5.41 Å². The molecule has 5 heteroatoms. The fourth-order valence-electron chi connectivity index (χ4n) is 2.11. The second-order valence-electron chi connectivity index (χ2n) is 4.54. The van der Waals surface area contributed by atoms with Crippen molar-refractivity contribution in [3.63, 3.8) is 0 Å². The lowest BCUT2D eigenvalue weighted by Gasteiger charge is -2.05. The number of thiazole rings is 1. The lowest BCUT2D eigenvalue weighted by atomic mass is 10.1. The Morgan fingerprint density at radius 3 is 2.80 bits per heavy atom. The minimum absolute atomic E-state index is 0.109. The van der Waals surface area contributed by atoms with Gasteiger partial charge < -0.3 is 10.5 Å². The van der Waals surface area contributed by atoms with E-state index in [9.17, 15) is 0 Å². The molecular weight excluding hydrogens is 270 g/mol. The Balaban J connectivity index is 2.29. The van der Waals surface area contributed by atoms with Gasteiger partial charge in [0.25, 0.3) is 0 Å². The molecule has 1 aromatic heterocycles. The van der Waals surface area contributed by atoms with Crippen molar-refractivity contribution in [3.05, 3.63) is 45.4 Å². The van der Waals surface area contributed by atoms with Crippen LogP contribution in [0.3, 0.4) is 0 Å². The lowest BCUT2D eigenvalue weighted by Crippen LogP contribution is -2.11. The maximum atomic E-state index is 7.65. The lowest BCUT2D eigenvalue weighted by molar-refractivity contribution is 0.410. The maximum Gasteiger partial charge on any atom is 0.135 e. The van der Waals surface area contributed by atoms with E-state index in [4.69, 9.17) is 15.9 Å². The highest BCUT2D eigenvalue weighted by atomic mass is 32.1. The first-order chi connectivity index (χ1) is 9.65. The monoisotopic (exact) mass is 289 g/mol. The van der Waals surface area contributed by atoms with Gasteiger partial charge in [0.15, 0.2) is 0 Å². The van der Waals surface area contributed by atoms with Crippen LogP contribution in [0.1, 0.15) is 34.5 Å². The van der Waals surface area contributed by atoms with Crippen molar-refractivity contribution < 1.29 is 4.74 Å². The van der Waals surface area contributed by atoms with E-state index < -0.39 is 0 Å². The summed E-state index contributed by atoms with van der Waals surface area (Å²) in [5, 5.41) is 8.62. The molecule has 1 heterocycles. The Morgan fingerprint density at radius 2 is 2.15 bits per heavy atom. The van der Waals surface area contributed by atoms with Crippen LogP contribution in [0, 0.1) is 5.41 Å². The number of aryl methyl sites for hydroxylation is 1. The Bertz CT molecular complexity index is 607. The first kappa shape index (κ1) is 14.5. The average molecular weight is 289 g/mol. The molecule has 0 amide bonds. The number of para-hydroxylation sites is 1. The molecule has 3 N–H and O–H groups in total. The van der Waals surface area contributed by atoms with Crippen LogP contribution < -0.4 is 10.5 Å². The zero-order chi connectivity index (χ0) is 14.5. The quantitative estimate of drug-likeness (QED) is 0.634. The normalized spacial score (nSPS) is 10.5. The molecule has 0 aliphatic heterocycles. The number of aromatic nitrogens is 1. The van der Waals surface area contributed by atoms with Crippen molar-refractivity contribution in [2.45, 2.75) is 26.2 Å². The molecule has 2 aromatic rings. The molecule has 0 fully saturated rings. The highest BCUT2D eigenvalue weighted by molar-refractivity contribution is 7.13. The number of hydrogen-bond donors (Lipinski definition) is 2. The molecule has 0 saturated carbocycles. The second-order valence-corrected chi connectivity index (χ2v) is 5.62. The maximum absolute atomic E-state index is 7.65. The van der Waals surface area contributed by atoms with Gasteiger partial charge in [-0.2, -0.15) is 0 Å². The fraction of sp³-hybridized carbons (Fsp3) is 0.333. The highest BCUT2D eigenvalue weighted by Crippen LogP contribution is 2.26. The molecule has 0 radical (unpaired) electrons. The minimum Gasteiger partial charge on any atom is -0.496 e. The van der Waals surface area contributed by atoms with Crippen molar-refractivity contribution in [3.8, 4) is 5.75 Å². The van der Waals surface area contributed by atoms with Gasteiger partial charge in [-0.3, -0.25) is 5.41 Å². The van der Waals surface area contributed by atoms with Gasteiger partial charge in [0.1, 0.15) is 11.6 Å². The number of nitrogen functional groups attached to an aromatic ring is 1. The highest BCUT2D eigenvalue weighted by Gasteiger charge is 2.14. The largest absolute Gasteiger partial charge is 0.496 e. The van der Waals surface area contributed by atoms with Crippen molar-refractivity contribution in [2.24, 2.45) is 5.73 Å². The topological polar surface area (TPSA) is 72.0 Å². The van der Waals surface area contributed by atoms with Crippen molar-refractivity contribution in [1.82, 2.24) is 4.98 Å². The van der Waals surface area contributed by atoms with Crippen molar-refractivity contribution in [2.75, 3.05) is 7.11 Å². The molecule has 0 atom stereocenters. The molecule has 0 aliphatic rings. The average Bonchev–Trinajstić information content (AvgIpc) is 2.83. The van der Waals surface area contributed by atoms with Gasteiger partial charge in [-0.25, -0.2) is 4.98 Å². The van der Waals surface area contributed by atoms with Crippen LogP contribution in [0.2, 0.25) is 0 Å². The summed E-state index contributed by atoms with van der Waals surface area (Å²) in [6.07, 6.45) is 2.56. The minimum atomic E-state index is 0.109.